The fourth-order valence-corrected chi connectivity index (χ4v) is 9.85. The summed E-state index contributed by atoms with van der Waals surface area (Å²) >= 11 is 7.38. The average molecular weight is 900 g/mol. The summed E-state index contributed by atoms with van der Waals surface area (Å²) in [5.74, 6) is 0. The van der Waals surface area contributed by atoms with Crippen molar-refractivity contribution in [3.05, 3.63) is 209 Å². The van der Waals surface area contributed by atoms with Crippen molar-refractivity contribution < 1.29 is 4.42 Å². The van der Waals surface area contributed by atoms with E-state index in [9.17, 15) is 0 Å². The molecule has 0 radical (unpaired) electrons. The summed E-state index contributed by atoms with van der Waals surface area (Å²) < 4.78 is 13.2. The summed E-state index contributed by atoms with van der Waals surface area (Å²) in [6.45, 7) is 0. The number of fused-ring (bicyclic) bond motifs is 9. The van der Waals surface area contributed by atoms with E-state index in [2.05, 4.69) is 234 Å². The predicted octanol–water partition coefficient (Wildman–Crippen LogP) is 16.4. The first-order chi connectivity index (χ1) is 29.6. The maximum Gasteiger partial charge on any atom is 0.137 e. The van der Waals surface area contributed by atoms with Crippen LogP contribution < -0.4 is 4.90 Å². The molecule has 284 valence electrons. The molecular formula is C54H33Br2N3O. The molecule has 0 aliphatic rings. The van der Waals surface area contributed by atoms with Crippen molar-refractivity contribution in [2.24, 2.45) is 0 Å². The van der Waals surface area contributed by atoms with Crippen LogP contribution in [0.3, 0.4) is 0 Å². The lowest BCUT2D eigenvalue weighted by atomic mass is 10.0. The van der Waals surface area contributed by atoms with E-state index in [4.69, 9.17) is 4.42 Å². The SMILES string of the molecule is Brc1ccc2oc3cc(-n4c5ccccc5c5ccc(-c6cccc(N(c7ccccc7)c7ccc8c9cc(Br)ccc9n(-c9ccccc9)c8c7)c6)cc54)ccc3c2c1. The van der Waals surface area contributed by atoms with E-state index < -0.39 is 0 Å². The fraction of sp³-hybridized carbons (Fsp3) is 0. The van der Waals surface area contributed by atoms with Gasteiger partial charge in [0.1, 0.15) is 11.2 Å². The Hall–Kier alpha value is -6.86. The maximum absolute atomic E-state index is 6.40. The van der Waals surface area contributed by atoms with Crippen LogP contribution in [0.4, 0.5) is 17.1 Å². The standard InChI is InChI=1S/C54H33Br2N3O/c55-36-19-26-50-47(30-36)45-24-21-41(32-52(45)58(50)39-13-5-2-6-14-39)57(38-11-3-1-4-12-38)40-15-9-10-34(28-40)35-18-23-44-43-16-7-8-17-49(43)59(51(44)29-35)42-22-25-46-48-31-37(56)20-27-53(48)60-54(46)33-42/h1-33H. The average Bonchev–Trinajstić information content (AvgIpc) is 3.93. The summed E-state index contributed by atoms with van der Waals surface area (Å²) in [5, 5.41) is 7.04. The molecule has 0 spiro atoms. The molecule has 0 saturated carbocycles. The molecule has 60 heavy (non-hydrogen) atoms. The Kier molecular flexibility index (Phi) is 8.12. The molecular weight excluding hydrogens is 866 g/mol. The molecule has 3 aromatic heterocycles. The van der Waals surface area contributed by atoms with Gasteiger partial charge in [0.15, 0.2) is 0 Å². The molecule has 0 aliphatic heterocycles. The van der Waals surface area contributed by atoms with Gasteiger partial charge >= 0.3 is 0 Å². The van der Waals surface area contributed by atoms with Crippen LogP contribution in [0.5, 0.6) is 0 Å². The number of furan rings is 1. The number of hydrogen-bond acceptors (Lipinski definition) is 2. The molecule has 0 atom stereocenters. The van der Waals surface area contributed by atoms with Crippen LogP contribution in [0.2, 0.25) is 0 Å². The first-order valence-electron chi connectivity index (χ1n) is 20.0. The van der Waals surface area contributed by atoms with Crippen LogP contribution in [0.15, 0.2) is 214 Å². The van der Waals surface area contributed by atoms with E-state index >= 15 is 0 Å². The van der Waals surface area contributed by atoms with E-state index in [0.717, 1.165) is 87.0 Å². The second-order valence-electron chi connectivity index (χ2n) is 15.3. The zero-order valence-corrected chi connectivity index (χ0v) is 35.2. The van der Waals surface area contributed by atoms with Crippen LogP contribution in [-0.2, 0) is 0 Å². The van der Waals surface area contributed by atoms with Crippen molar-refractivity contribution in [2.45, 2.75) is 0 Å². The highest BCUT2D eigenvalue weighted by Gasteiger charge is 2.20. The van der Waals surface area contributed by atoms with Gasteiger partial charge < -0.3 is 18.5 Å². The van der Waals surface area contributed by atoms with Crippen molar-refractivity contribution in [3.63, 3.8) is 0 Å². The van der Waals surface area contributed by atoms with E-state index in [1.807, 2.05) is 12.1 Å². The second kappa shape index (κ2) is 13.9. The summed E-state index contributed by atoms with van der Waals surface area (Å²) in [6, 6.07) is 71.9. The van der Waals surface area contributed by atoms with Gasteiger partial charge in [0, 0.05) is 75.8 Å². The highest BCUT2D eigenvalue weighted by atomic mass is 79.9. The molecule has 4 nitrogen and oxygen atoms in total. The third kappa shape index (κ3) is 5.63. The Balaban J connectivity index is 1.02. The summed E-state index contributed by atoms with van der Waals surface area (Å²) in [7, 11) is 0. The number of aromatic nitrogens is 2. The van der Waals surface area contributed by atoms with Crippen molar-refractivity contribution in [2.75, 3.05) is 4.90 Å². The summed E-state index contributed by atoms with van der Waals surface area (Å²) in [5.41, 5.74) is 14.1. The molecule has 0 fully saturated rings. The highest BCUT2D eigenvalue weighted by Crippen LogP contribution is 2.42. The van der Waals surface area contributed by atoms with Crippen LogP contribution in [0.1, 0.15) is 0 Å². The number of hydrogen-bond donors (Lipinski definition) is 0. The minimum absolute atomic E-state index is 0.867. The molecule has 0 aliphatic carbocycles. The van der Waals surface area contributed by atoms with Gasteiger partial charge in [-0.05, 0) is 120 Å². The predicted molar refractivity (Wildman–Crippen MR) is 258 cm³/mol. The quantitative estimate of drug-likeness (QED) is 0.166. The molecule has 0 amide bonds. The van der Waals surface area contributed by atoms with E-state index in [0.29, 0.717) is 0 Å². The Morgan fingerprint density at radius 1 is 0.333 bits per heavy atom. The van der Waals surface area contributed by atoms with Crippen molar-refractivity contribution in [1.82, 2.24) is 9.13 Å². The van der Waals surface area contributed by atoms with Crippen LogP contribution >= 0.6 is 31.9 Å². The lowest BCUT2D eigenvalue weighted by Crippen LogP contribution is -2.10. The molecule has 6 heteroatoms. The second-order valence-corrected chi connectivity index (χ2v) is 17.1. The lowest BCUT2D eigenvalue weighted by molar-refractivity contribution is 0.668. The van der Waals surface area contributed by atoms with Gasteiger partial charge in [0.25, 0.3) is 0 Å². The third-order valence-corrected chi connectivity index (χ3v) is 12.8. The Bertz CT molecular complexity index is 3640. The smallest absolute Gasteiger partial charge is 0.137 e. The van der Waals surface area contributed by atoms with Gasteiger partial charge in [-0.1, -0.05) is 117 Å². The molecule has 12 aromatic rings. The first-order valence-corrected chi connectivity index (χ1v) is 21.5. The number of nitrogens with zero attached hydrogens (tertiary/aromatic N) is 3. The van der Waals surface area contributed by atoms with Gasteiger partial charge in [-0.3, -0.25) is 0 Å². The topological polar surface area (TPSA) is 26.2 Å². The van der Waals surface area contributed by atoms with Crippen LogP contribution in [-0.4, -0.2) is 9.13 Å². The van der Waals surface area contributed by atoms with Gasteiger partial charge in [-0.15, -0.1) is 0 Å². The number of para-hydroxylation sites is 3. The number of anilines is 3. The third-order valence-electron chi connectivity index (χ3n) is 11.8. The number of halogens is 2. The van der Waals surface area contributed by atoms with Crippen molar-refractivity contribution in [1.29, 1.82) is 0 Å². The molecule has 0 saturated heterocycles. The minimum Gasteiger partial charge on any atom is -0.456 e. The van der Waals surface area contributed by atoms with Crippen molar-refractivity contribution in [3.8, 4) is 22.5 Å². The number of benzene rings is 9. The summed E-state index contributed by atoms with van der Waals surface area (Å²) in [6.07, 6.45) is 0. The molecule has 3 heterocycles. The minimum atomic E-state index is 0.867. The lowest BCUT2D eigenvalue weighted by Gasteiger charge is -2.26. The monoisotopic (exact) mass is 897 g/mol. The molecule has 0 bridgehead atoms. The Morgan fingerprint density at radius 2 is 0.950 bits per heavy atom. The zero-order chi connectivity index (χ0) is 39.9. The first kappa shape index (κ1) is 35.1. The molecule has 12 rings (SSSR count). The van der Waals surface area contributed by atoms with Gasteiger partial charge in [-0.25, -0.2) is 0 Å². The molecule has 9 aromatic carbocycles. The maximum atomic E-state index is 6.40. The van der Waals surface area contributed by atoms with E-state index in [1.165, 1.54) is 27.1 Å². The van der Waals surface area contributed by atoms with Crippen molar-refractivity contribution >= 4 is 114 Å². The Labute approximate surface area is 362 Å². The van der Waals surface area contributed by atoms with Gasteiger partial charge in [0.05, 0.1) is 22.1 Å². The highest BCUT2D eigenvalue weighted by molar-refractivity contribution is 9.10. The summed E-state index contributed by atoms with van der Waals surface area (Å²) in [4.78, 5) is 2.36. The normalized spacial score (nSPS) is 11.8. The number of rotatable bonds is 6. The van der Waals surface area contributed by atoms with Crippen LogP contribution in [0, 0.1) is 0 Å². The van der Waals surface area contributed by atoms with Gasteiger partial charge in [0.2, 0.25) is 0 Å². The molecule has 0 N–H and O–H groups in total. The largest absolute Gasteiger partial charge is 0.456 e. The van der Waals surface area contributed by atoms with E-state index in [1.54, 1.807) is 0 Å². The Morgan fingerprint density at radius 3 is 1.82 bits per heavy atom. The van der Waals surface area contributed by atoms with Crippen LogP contribution in [0.25, 0.3) is 88.1 Å². The zero-order valence-electron chi connectivity index (χ0n) is 32.1. The van der Waals surface area contributed by atoms with Gasteiger partial charge in [-0.2, -0.15) is 0 Å². The molecule has 0 unspecified atom stereocenters. The van der Waals surface area contributed by atoms with E-state index in [-0.39, 0.29) is 0 Å². The fourth-order valence-electron chi connectivity index (χ4n) is 9.13.